The van der Waals surface area contributed by atoms with Gasteiger partial charge in [0.25, 0.3) is 0 Å². The Morgan fingerprint density at radius 2 is 2.14 bits per heavy atom. The third-order valence-electron chi connectivity index (χ3n) is 3.39. The number of nitrogens with one attached hydrogen (secondary N) is 1. The second-order valence-electron chi connectivity index (χ2n) is 5.63. The van der Waals surface area contributed by atoms with Crippen molar-refractivity contribution in [3.8, 4) is 0 Å². The van der Waals surface area contributed by atoms with Crippen LogP contribution in [0.5, 0.6) is 0 Å². The van der Waals surface area contributed by atoms with E-state index in [1.165, 1.54) is 11.6 Å². The van der Waals surface area contributed by atoms with Gasteiger partial charge in [0.2, 0.25) is 5.82 Å². The highest BCUT2D eigenvalue weighted by molar-refractivity contribution is 5.83. The average molecular weight is 298 g/mol. The van der Waals surface area contributed by atoms with Crippen molar-refractivity contribution in [2.75, 3.05) is 5.32 Å². The fourth-order valence-electron chi connectivity index (χ4n) is 2.23. The zero-order valence-corrected chi connectivity index (χ0v) is 13.0. The molecule has 0 aliphatic carbocycles. The van der Waals surface area contributed by atoms with Crippen LogP contribution in [0.15, 0.2) is 0 Å². The summed E-state index contributed by atoms with van der Waals surface area (Å²) in [6, 6.07) is 0. The van der Waals surface area contributed by atoms with Gasteiger partial charge in [0.15, 0.2) is 0 Å². The van der Waals surface area contributed by atoms with Gasteiger partial charge < -0.3 is 10.4 Å². The molecule has 0 fully saturated rings. The summed E-state index contributed by atoms with van der Waals surface area (Å²) in [5.74, 6) is -1.05. The second-order valence-corrected chi connectivity index (χ2v) is 5.63. The molecule has 8 heteroatoms. The highest BCUT2D eigenvalue weighted by Gasteiger charge is 2.37. The first-order valence-electron chi connectivity index (χ1n) is 6.86. The Morgan fingerprint density at radius 1 is 1.57 bits per heavy atom. The molecule has 1 heterocycles. The molecule has 118 valence electrons. The first kappa shape index (κ1) is 16.9. The Bertz CT molecular complexity index is 553. The molecule has 1 rings (SSSR count). The van der Waals surface area contributed by atoms with Crippen LogP contribution in [0.25, 0.3) is 0 Å². The van der Waals surface area contributed by atoms with E-state index in [9.17, 15) is 20.0 Å². The molecular formula is C13H22N4O4. The number of aromatic nitrogens is 2. The van der Waals surface area contributed by atoms with Crippen molar-refractivity contribution in [3.05, 3.63) is 15.8 Å². The van der Waals surface area contributed by atoms with Crippen LogP contribution < -0.4 is 5.32 Å². The molecule has 0 radical (unpaired) electrons. The lowest BCUT2D eigenvalue weighted by Gasteiger charge is -2.26. The van der Waals surface area contributed by atoms with E-state index in [2.05, 4.69) is 10.4 Å². The SMILES string of the molecule is CCCC(C)(Nc1c([N+](=O)[O-])c(C(C)C)nn1C)C(=O)O. The molecule has 0 spiro atoms. The summed E-state index contributed by atoms with van der Waals surface area (Å²) in [5.41, 5.74) is -1.09. The van der Waals surface area contributed by atoms with Gasteiger partial charge >= 0.3 is 11.7 Å². The summed E-state index contributed by atoms with van der Waals surface area (Å²) < 4.78 is 1.34. The Hall–Kier alpha value is -2.12. The molecular weight excluding hydrogens is 276 g/mol. The van der Waals surface area contributed by atoms with E-state index in [-0.39, 0.29) is 17.4 Å². The van der Waals surface area contributed by atoms with E-state index >= 15 is 0 Å². The van der Waals surface area contributed by atoms with E-state index in [0.717, 1.165) is 0 Å². The smallest absolute Gasteiger partial charge is 0.334 e. The van der Waals surface area contributed by atoms with Crippen molar-refractivity contribution in [2.45, 2.75) is 52.0 Å². The van der Waals surface area contributed by atoms with E-state index in [1.54, 1.807) is 7.05 Å². The van der Waals surface area contributed by atoms with Gasteiger partial charge in [0.1, 0.15) is 11.2 Å². The van der Waals surface area contributed by atoms with Gasteiger partial charge in [0.05, 0.1) is 4.92 Å². The molecule has 0 saturated heterocycles. The predicted octanol–water partition coefficient (Wildman–Crippen LogP) is 2.51. The molecule has 8 nitrogen and oxygen atoms in total. The molecule has 0 aliphatic rings. The fraction of sp³-hybridized carbons (Fsp3) is 0.692. The summed E-state index contributed by atoms with van der Waals surface area (Å²) in [4.78, 5) is 22.3. The molecule has 0 amide bonds. The van der Waals surface area contributed by atoms with Gasteiger partial charge in [-0.05, 0) is 13.3 Å². The van der Waals surface area contributed by atoms with Gasteiger partial charge in [-0.3, -0.25) is 10.1 Å². The van der Waals surface area contributed by atoms with Crippen molar-refractivity contribution in [3.63, 3.8) is 0 Å². The number of nitro groups is 1. The van der Waals surface area contributed by atoms with Crippen LogP contribution in [0.3, 0.4) is 0 Å². The van der Waals surface area contributed by atoms with Crippen molar-refractivity contribution in [1.29, 1.82) is 0 Å². The van der Waals surface area contributed by atoms with Crippen molar-refractivity contribution in [2.24, 2.45) is 7.05 Å². The Kier molecular flexibility index (Phi) is 4.93. The third kappa shape index (κ3) is 3.32. The van der Waals surface area contributed by atoms with Crippen LogP contribution in [-0.4, -0.2) is 31.3 Å². The number of anilines is 1. The Labute approximate surface area is 123 Å². The van der Waals surface area contributed by atoms with Gasteiger partial charge in [0, 0.05) is 13.0 Å². The normalized spacial score (nSPS) is 14.0. The maximum Gasteiger partial charge on any atom is 0.334 e. The fourth-order valence-corrected chi connectivity index (χ4v) is 2.23. The Morgan fingerprint density at radius 3 is 2.52 bits per heavy atom. The van der Waals surface area contributed by atoms with Gasteiger partial charge in [-0.1, -0.05) is 27.2 Å². The largest absolute Gasteiger partial charge is 0.480 e. The maximum atomic E-state index is 11.5. The predicted molar refractivity (Wildman–Crippen MR) is 78.5 cm³/mol. The minimum absolute atomic E-state index is 0.127. The van der Waals surface area contributed by atoms with Crippen LogP contribution in [0.4, 0.5) is 11.5 Å². The average Bonchev–Trinajstić information content (AvgIpc) is 2.67. The zero-order chi connectivity index (χ0) is 16.4. The zero-order valence-electron chi connectivity index (χ0n) is 13.0. The minimum atomic E-state index is -1.28. The van der Waals surface area contributed by atoms with Crippen LogP contribution in [0, 0.1) is 10.1 Å². The van der Waals surface area contributed by atoms with Crippen LogP contribution in [0.1, 0.15) is 52.1 Å². The lowest BCUT2D eigenvalue weighted by molar-refractivity contribution is -0.384. The molecule has 1 aromatic rings. The molecule has 0 bridgehead atoms. The van der Waals surface area contributed by atoms with Crippen LogP contribution >= 0.6 is 0 Å². The number of rotatable bonds is 7. The van der Waals surface area contributed by atoms with Gasteiger partial charge in [-0.2, -0.15) is 5.10 Å². The van der Waals surface area contributed by atoms with Crippen LogP contribution in [-0.2, 0) is 11.8 Å². The molecule has 1 atom stereocenters. The highest BCUT2D eigenvalue weighted by atomic mass is 16.6. The number of hydrogen-bond donors (Lipinski definition) is 2. The number of nitrogens with zero attached hydrogens (tertiary/aromatic N) is 3. The summed E-state index contributed by atoms with van der Waals surface area (Å²) in [5, 5.41) is 27.7. The topological polar surface area (TPSA) is 110 Å². The molecule has 1 unspecified atom stereocenters. The number of hydrogen-bond acceptors (Lipinski definition) is 5. The number of carbonyl (C=O) groups is 1. The minimum Gasteiger partial charge on any atom is -0.480 e. The summed E-state index contributed by atoms with van der Waals surface area (Å²) >= 11 is 0. The van der Waals surface area contributed by atoms with E-state index in [1.807, 2.05) is 20.8 Å². The molecule has 0 aliphatic heterocycles. The van der Waals surface area contributed by atoms with E-state index in [4.69, 9.17) is 0 Å². The third-order valence-corrected chi connectivity index (χ3v) is 3.39. The first-order valence-corrected chi connectivity index (χ1v) is 6.86. The molecule has 1 aromatic heterocycles. The lowest BCUT2D eigenvalue weighted by Crippen LogP contribution is -2.43. The van der Waals surface area contributed by atoms with Crippen molar-refractivity contribution in [1.82, 2.24) is 9.78 Å². The Balaban J connectivity index is 3.36. The number of aryl methyl sites for hydroxylation is 1. The summed E-state index contributed by atoms with van der Waals surface area (Å²) in [6.45, 7) is 6.99. The maximum absolute atomic E-state index is 11.5. The first-order chi connectivity index (χ1) is 9.64. The van der Waals surface area contributed by atoms with Gasteiger partial charge in [-0.25, -0.2) is 9.48 Å². The number of carboxylic acid groups (broad SMARTS) is 1. The van der Waals surface area contributed by atoms with Gasteiger partial charge in [-0.15, -0.1) is 0 Å². The molecule has 0 aromatic carbocycles. The second kappa shape index (κ2) is 6.11. The summed E-state index contributed by atoms with van der Waals surface area (Å²) in [6.07, 6.45) is 0.986. The highest BCUT2D eigenvalue weighted by Crippen LogP contribution is 2.35. The summed E-state index contributed by atoms with van der Waals surface area (Å²) in [7, 11) is 1.56. The standard InChI is InChI=1S/C13H22N4O4/c1-6-7-13(4,12(18)19)14-11-10(17(20)21)9(8(2)3)15-16(11)5/h8,14H,6-7H2,1-5H3,(H,18,19). The molecule has 2 N–H and O–H groups in total. The van der Waals surface area contributed by atoms with Crippen LogP contribution in [0.2, 0.25) is 0 Å². The molecule has 21 heavy (non-hydrogen) atoms. The van der Waals surface area contributed by atoms with Crippen molar-refractivity contribution < 1.29 is 14.8 Å². The van der Waals surface area contributed by atoms with E-state index in [0.29, 0.717) is 18.5 Å². The number of aliphatic carboxylic acids is 1. The quantitative estimate of drug-likeness (QED) is 0.591. The van der Waals surface area contributed by atoms with Crippen molar-refractivity contribution >= 4 is 17.5 Å². The van der Waals surface area contributed by atoms with E-state index < -0.39 is 16.4 Å². The molecule has 0 saturated carbocycles. The number of carboxylic acids is 1. The monoisotopic (exact) mass is 298 g/mol. The lowest BCUT2D eigenvalue weighted by atomic mass is 9.96.